The van der Waals surface area contributed by atoms with E-state index < -0.39 is 0 Å². The third-order valence-corrected chi connectivity index (χ3v) is 3.16. The molecule has 96 valence electrons. The predicted molar refractivity (Wildman–Crippen MR) is 71.3 cm³/mol. The fourth-order valence-corrected chi connectivity index (χ4v) is 2.20. The van der Waals surface area contributed by atoms with Gasteiger partial charge in [-0.2, -0.15) is 0 Å². The van der Waals surface area contributed by atoms with E-state index in [4.69, 9.17) is 0 Å². The smallest absolute Gasteiger partial charge is 0.137 e. The lowest BCUT2D eigenvalue weighted by molar-refractivity contribution is 0.163. The lowest BCUT2D eigenvalue weighted by atomic mass is 10.0. The van der Waals surface area contributed by atoms with Crippen LogP contribution in [0.3, 0.4) is 0 Å². The molecule has 0 fully saturated rings. The van der Waals surface area contributed by atoms with E-state index in [0.717, 1.165) is 18.5 Å². The molecule has 1 aromatic rings. The minimum Gasteiger partial charge on any atom is -0.393 e. The third-order valence-electron chi connectivity index (χ3n) is 2.55. The van der Waals surface area contributed by atoms with Crippen LogP contribution < -0.4 is 5.32 Å². The Morgan fingerprint density at radius 2 is 2.12 bits per heavy atom. The summed E-state index contributed by atoms with van der Waals surface area (Å²) in [5.41, 5.74) is 1.04. The van der Waals surface area contributed by atoms with Crippen molar-refractivity contribution in [3.63, 3.8) is 0 Å². The molecule has 0 aromatic heterocycles. The Hall–Kier alpha value is -0.450. The first-order valence-electron chi connectivity index (χ1n) is 5.81. The quantitative estimate of drug-likeness (QED) is 0.846. The van der Waals surface area contributed by atoms with Crippen LogP contribution in [0.4, 0.5) is 4.39 Å². The fourth-order valence-electron chi connectivity index (χ4n) is 1.78. The summed E-state index contributed by atoms with van der Waals surface area (Å²) in [6.07, 6.45) is 0.534. The van der Waals surface area contributed by atoms with Crippen LogP contribution in [0.2, 0.25) is 0 Å². The summed E-state index contributed by atoms with van der Waals surface area (Å²) in [5.74, 6) is 0.190. The van der Waals surface area contributed by atoms with Gasteiger partial charge in [-0.3, -0.25) is 0 Å². The zero-order valence-corrected chi connectivity index (χ0v) is 11.8. The Morgan fingerprint density at radius 3 is 2.71 bits per heavy atom. The summed E-state index contributed by atoms with van der Waals surface area (Å²) in [7, 11) is 0. The highest BCUT2D eigenvalue weighted by Crippen LogP contribution is 2.16. The first kappa shape index (κ1) is 14.6. The second-order valence-corrected chi connectivity index (χ2v) is 5.42. The summed E-state index contributed by atoms with van der Waals surface area (Å²) in [4.78, 5) is 0. The molecule has 0 bridgehead atoms. The minimum atomic E-state index is -0.258. The van der Waals surface area contributed by atoms with Crippen molar-refractivity contribution < 1.29 is 9.50 Å². The van der Waals surface area contributed by atoms with Crippen molar-refractivity contribution in [2.24, 2.45) is 5.92 Å². The summed E-state index contributed by atoms with van der Waals surface area (Å²) in [6.45, 7) is 5.46. The fraction of sp³-hybridized carbons (Fsp3) is 0.538. The molecular formula is C13H19BrFNO. The molecule has 0 spiro atoms. The average molecular weight is 304 g/mol. The number of nitrogens with one attached hydrogen (secondary N) is 1. The molecule has 4 heteroatoms. The monoisotopic (exact) mass is 303 g/mol. The van der Waals surface area contributed by atoms with E-state index >= 15 is 0 Å². The molecular weight excluding hydrogens is 285 g/mol. The second kappa shape index (κ2) is 7.09. The maximum atomic E-state index is 13.0. The van der Waals surface area contributed by atoms with Crippen molar-refractivity contribution in [3.8, 4) is 0 Å². The van der Waals surface area contributed by atoms with E-state index in [0.29, 0.717) is 16.9 Å². The molecule has 0 aliphatic rings. The van der Waals surface area contributed by atoms with Gasteiger partial charge in [-0.1, -0.05) is 13.0 Å². The Labute approximate surface area is 110 Å². The molecule has 0 saturated heterocycles. The van der Waals surface area contributed by atoms with E-state index in [1.807, 2.05) is 0 Å². The Kier molecular flexibility index (Phi) is 6.09. The van der Waals surface area contributed by atoms with Crippen molar-refractivity contribution >= 4 is 15.9 Å². The van der Waals surface area contributed by atoms with Crippen LogP contribution in [-0.2, 0) is 6.54 Å². The van der Waals surface area contributed by atoms with Crippen LogP contribution in [0.1, 0.15) is 25.8 Å². The Bertz CT molecular complexity index is 357. The van der Waals surface area contributed by atoms with Crippen molar-refractivity contribution in [1.29, 1.82) is 0 Å². The number of hydrogen-bond donors (Lipinski definition) is 2. The van der Waals surface area contributed by atoms with E-state index in [1.54, 1.807) is 19.1 Å². The second-order valence-electron chi connectivity index (χ2n) is 4.57. The number of aliphatic hydroxyl groups excluding tert-OH is 1. The van der Waals surface area contributed by atoms with Gasteiger partial charge in [-0.15, -0.1) is 0 Å². The van der Waals surface area contributed by atoms with E-state index in [9.17, 15) is 9.50 Å². The minimum absolute atomic E-state index is 0.240. The molecule has 0 radical (unpaired) electrons. The van der Waals surface area contributed by atoms with Gasteiger partial charge >= 0.3 is 0 Å². The number of benzene rings is 1. The Balaban J connectivity index is 2.33. The number of hydrogen-bond acceptors (Lipinski definition) is 2. The molecule has 0 amide bonds. The highest BCUT2D eigenvalue weighted by molar-refractivity contribution is 9.10. The summed E-state index contributed by atoms with van der Waals surface area (Å²) in [6, 6.07) is 5.01. The van der Waals surface area contributed by atoms with Gasteiger partial charge in [0.25, 0.3) is 0 Å². The highest BCUT2D eigenvalue weighted by atomic mass is 79.9. The number of halogens is 2. The molecule has 2 atom stereocenters. The molecule has 2 N–H and O–H groups in total. The first-order valence-corrected chi connectivity index (χ1v) is 6.61. The van der Waals surface area contributed by atoms with Crippen LogP contribution in [0.15, 0.2) is 22.7 Å². The largest absolute Gasteiger partial charge is 0.393 e. The molecule has 2 nitrogen and oxygen atoms in total. The van der Waals surface area contributed by atoms with Crippen LogP contribution in [-0.4, -0.2) is 17.8 Å². The van der Waals surface area contributed by atoms with E-state index in [-0.39, 0.29) is 11.9 Å². The molecule has 1 rings (SSSR count). The zero-order chi connectivity index (χ0) is 12.8. The zero-order valence-electron chi connectivity index (χ0n) is 10.2. The van der Waals surface area contributed by atoms with Gasteiger partial charge < -0.3 is 10.4 Å². The lowest BCUT2D eigenvalue weighted by Gasteiger charge is -2.14. The molecule has 2 unspecified atom stereocenters. The predicted octanol–water partition coefficient (Wildman–Crippen LogP) is 3.08. The maximum Gasteiger partial charge on any atom is 0.137 e. The SMILES string of the molecule is CC(O)CC(C)CNCc1ccc(F)c(Br)c1. The highest BCUT2D eigenvalue weighted by Gasteiger charge is 2.06. The van der Waals surface area contributed by atoms with Gasteiger partial charge in [0.2, 0.25) is 0 Å². The molecule has 1 aromatic carbocycles. The van der Waals surface area contributed by atoms with Gasteiger partial charge in [0.1, 0.15) is 5.82 Å². The molecule has 0 aliphatic carbocycles. The van der Waals surface area contributed by atoms with Gasteiger partial charge in [-0.25, -0.2) is 4.39 Å². The Morgan fingerprint density at radius 1 is 1.41 bits per heavy atom. The molecule has 17 heavy (non-hydrogen) atoms. The van der Waals surface area contributed by atoms with Crippen molar-refractivity contribution in [3.05, 3.63) is 34.1 Å². The van der Waals surface area contributed by atoms with Gasteiger partial charge in [0, 0.05) is 6.54 Å². The molecule has 0 aliphatic heterocycles. The van der Waals surface area contributed by atoms with E-state index in [2.05, 4.69) is 28.2 Å². The van der Waals surface area contributed by atoms with Gasteiger partial charge in [-0.05, 0) is 59.4 Å². The van der Waals surface area contributed by atoms with Gasteiger partial charge in [0.05, 0.1) is 10.6 Å². The van der Waals surface area contributed by atoms with Crippen LogP contribution in [0, 0.1) is 11.7 Å². The summed E-state index contributed by atoms with van der Waals surface area (Å²) >= 11 is 3.16. The average Bonchev–Trinajstić information content (AvgIpc) is 2.22. The van der Waals surface area contributed by atoms with Crippen LogP contribution in [0.25, 0.3) is 0 Å². The standard InChI is InChI=1S/C13H19BrFNO/c1-9(5-10(2)17)7-16-8-11-3-4-13(15)12(14)6-11/h3-4,6,9-10,16-17H,5,7-8H2,1-2H3. The normalized spacial score (nSPS) is 14.6. The van der Waals surface area contributed by atoms with Crippen molar-refractivity contribution in [2.45, 2.75) is 32.9 Å². The third kappa shape index (κ3) is 5.61. The van der Waals surface area contributed by atoms with Crippen LogP contribution >= 0.6 is 15.9 Å². The number of aliphatic hydroxyl groups is 1. The topological polar surface area (TPSA) is 32.3 Å². The van der Waals surface area contributed by atoms with Crippen molar-refractivity contribution in [2.75, 3.05) is 6.54 Å². The number of rotatable bonds is 6. The van der Waals surface area contributed by atoms with E-state index in [1.165, 1.54) is 6.07 Å². The summed E-state index contributed by atoms with van der Waals surface area (Å²) in [5, 5.41) is 12.5. The lowest BCUT2D eigenvalue weighted by Crippen LogP contribution is -2.23. The van der Waals surface area contributed by atoms with Crippen LogP contribution in [0.5, 0.6) is 0 Å². The first-order chi connectivity index (χ1) is 7.99. The molecule has 0 saturated carbocycles. The van der Waals surface area contributed by atoms with Crippen molar-refractivity contribution in [1.82, 2.24) is 5.32 Å². The molecule has 0 heterocycles. The maximum absolute atomic E-state index is 13.0. The summed E-state index contributed by atoms with van der Waals surface area (Å²) < 4.78 is 13.5. The van der Waals surface area contributed by atoms with Gasteiger partial charge in [0.15, 0.2) is 0 Å².